The minimum absolute atomic E-state index is 0.291. The van der Waals surface area contributed by atoms with Gasteiger partial charge in [-0.15, -0.1) is 0 Å². The van der Waals surface area contributed by atoms with E-state index in [4.69, 9.17) is 0 Å². The first-order valence-electron chi connectivity index (χ1n) is 11.3. The van der Waals surface area contributed by atoms with Gasteiger partial charge in [0.1, 0.15) is 6.04 Å². The lowest BCUT2D eigenvalue weighted by molar-refractivity contribution is -0.122. The largest absolute Gasteiger partial charge is 0.350 e. The quantitative estimate of drug-likeness (QED) is 0.623. The van der Waals surface area contributed by atoms with Gasteiger partial charge in [-0.1, -0.05) is 37.3 Å². The van der Waals surface area contributed by atoms with Gasteiger partial charge in [-0.05, 0) is 80.6 Å². The van der Waals surface area contributed by atoms with Crippen LogP contribution in [0.1, 0.15) is 48.4 Å². The molecule has 1 saturated heterocycles. The fourth-order valence-electron chi connectivity index (χ4n) is 4.27. The first kappa shape index (κ1) is 24.3. The zero-order valence-electron chi connectivity index (χ0n) is 19.6. The molecule has 1 aliphatic heterocycles. The molecule has 0 aliphatic carbocycles. The normalized spacial score (nSPS) is 15.5. The number of rotatable bonds is 9. The van der Waals surface area contributed by atoms with Gasteiger partial charge in [-0.2, -0.15) is 0 Å². The third kappa shape index (κ3) is 6.11. The fraction of sp³-hybridized carbons (Fsp3) is 0.480. The summed E-state index contributed by atoms with van der Waals surface area (Å²) in [7, 11) is -3.64. The number of anilines is 1. The first-order chi connectivity index (χ1) is 15.2. The molecule has 7 heteroatoms. The molecule has 6 nitrogen and oxygen atoms in total. The summed E-state index contributed by atoms with van der Waals surface area (Å²) in [5.41, 5.74) is 4.83. The molecule has 1 atom stereocenters. The molecular formula is C25H35N3O3S. The lowest BCUT2D eigenvalue weighted by Crippen LogP contribution is -2.49. The molecule has 1 fully saturated rings. The zero-order valence-corrected chi connectivity index (χ0v) is 20.4. The topological polar surface area (TPSA) is 69.7 Å². The molecule has 2 aromatic rings. The van der Waals surface area contributed by atoms with Crippen molar-refractivity contribution in [3.05, 3.63) is 64.7 Å². The molecule has 0 aromatic heterocycles. The van der Waals surface area contributed by atoms with Crippen LogP contribution in [-0.4, -0.2) is 44.6 Å². The number of amides is 1. The number of sulfonamides is 1. The first-order valence-corrected chi connectivity index (χ1v) is 13.2. The van der Waals surface area contributed by atoms with E-state index in [0.29, 0.717) is 18.7 Å². The highest BCUT2D eigenvalue weighted by Gasteiger charge is 2.31. The maximum Gasteiger partial charge on any atom is 0.244 e. The monoisotopic (exact) mass is 457 g/mol. The SMILES string of the molecule is CC[C@H](C(=O)NCc1cccc(CN2CCCC2)c1)N(c1ccc(C)c(C)c1)S(C)(=O)=O. The molecule has 0 unspecified atom stereocenters. The van der Waals surface area contributed by atoms with Crippen LogP contribution in [0.25, 0.3) is 0 Å². The maximum atomic E-state index is 13.1. The van der Waals surface area contributed by atoms with Crippen molar-refractivity contribution >= 4 is 21.6 Å². The molecule has 0 radical (unpaired) electrons. The highest BCUT2D eigenvalue weighted by atomic mass is 32.2. The number of nitrogens with zero attached hydrogens (tertiary/aromatic N) is 2. The number of benzene rings is 2. The zero-order chi connectivity index (χ0) is 23.3. The Bertz CT molecular complexity index is 1050. The van der Waals surface area contributed by atoms with Crippen LogP contribution in [0.3, 0.4) is 0 Å². The van der Waals surface area contributed by atoms with Crippen LogP contribution in [0.15, 0.2) is 42.5 Å². The van der Waals surface area contributed by atoms with Gasteiger partial charge in [0.25, 0.3) is 0 Å². The van der Waals surface area contributed by atoms with Gasteiger partial charge in [0.15, 0.2) is 0 Å². The minimum atomic E-state index is -3.64. The van der Waals surface area contributed by atoms with Gasteiger partial charge in [0.2, 0.25) is 15.9 Å². The summed E-state index contributed by atoms with van der Waals surface area (Å²) >= 11 is 0. The van der Waals surface area contributed by atoms with Crippen molar-refractivity contribution in [2.24, 2.45) is 0 Å². The van der Waals surface area contributed by atoms with Crippen LogP contribution in [0.4, 0.5) is 5.69 Å². The second-order valence-electron chi connectivity index (χ2n) is 8.77. The molecule has 1 amide bonds. The average molecular weight is 458 g/mol. The summed E-state index contributed by atoms with van der Waals surface area (Å²) in [5, 5.41) is 2.96. The van der Waals surface area contributed by atoms with Crippen molar-refractivity contribution in [2.45, 2.75) is 59.2 Å². The van der Waals surface area contributed by atoms with Crippen molar-refractivity contribution in [1.82, 2.24) is 10.2 Å². The molecule has 0 spiro atoms. The molecular weight excluding hydrogens is 422 g/mol. The Kier molecular flexibility index (Phi) is 7.96. The van der Waals surface area contributed by atoms with Crippen LogP contribution >= 0.6 is 0 Å². The Hall–Kier alpha value is -2.38. The summed E-state index contributed by atoms with van der Waals surface area (Å²) in [6.07, 6.45) is 4.04. The number of nitrogens with one attached hydrogen (secondary N) is 1. The third-order valence-electron chi connectivity index (χ3n) is 6.14. The van der Waals surface area contributed by atoms with Crippen LogP contribution in [-0.2, 0) is 27.9 Å². The van der Waals surface area contributed by atoms with E-state index in [2.05, 4.69) is 22.3 Å². The van der Waals surface area contributed by atoms with Gasteiger partial charge in [0.05, 0.1) is 11.9 Å². The average Bonchev–Trinajstić information content (AvgIpc) is 3.25. The summed E-state index contributed by atoms with van der Waals surface area (Å²) in [5.74, 6) is -0.291. The van der Waals surface area contributed by atoms with E-state index in [1.54, 1.807) is 6.07 Å². The predicted octanol–water partition coefficient (Wildman–Crippen LogP) is 3.76. The van der Waals surface area contributed by atoms with E-state index in [1.807, 2.05) is 45.0 Å². The van der Waals surface area contributed by atoms with Crippen LogP contribution in [0, 0.1) is 13.8 Å². The number of likely N-dealkylation sites (tertiary alicyclic amines) is 1. The third-order valence-corrected chi connectivity index (χ3v) is 7.32. The van der Waals surface area contributed by atoms with Gasteiger partial charge in [-0.3, -0.25) is 14.0 Å². The van der Waals surface area contributed by atoms with E-state index in [0.717, 1.165) is 42.6 Å². The van der Waals surface area contributed by atoms with Gasteiger partial charge < -0.3 is 5.32 Å². The molecule has 0 saturated carbocycles. The molecule has 1 N–H and O–H groups in total. The van der Waals surface area contributed by atoms with E-state index in [9.17, 15) is 13.2 Å². The molecule has 0 bridgehead atoms. The minimum Gasteiger partial charge on any atom is -0.350 e. The van der Waals surface area contributed by atoms with E-state index >= 15 is 0 Å². The summed E-state index contributed by atoms with van der Waals surface area (Å²) < 4.78 is 26.6. The lowest BCUT2D eigenvalue weighted by atomic mass is 10.1. The number of hydrogen-bond acceptors (Lipinski definition) is 4. The Morgan fingerprint density at radius 1 is 1.06 bits per heavy atom. The molecule has 3 rings (SSSR count). The highest BCUT2D eigenvalue weighted by molar-refractivity contribution is 7.92. The number of carbonyl (C=O) groups excluding carboxylic acids is 1. The maximum absolute atomic E-state index is 13.1. The molecule has 174 valence electrons. The number of hydrogen-bond donors (Lipinski definition) is 1. The Balaban J connectivity index is 1.73. The van der Waals surface area contributed by atoms with Crippen LogP contribution in [0.5, 0.6) is 0 Å². The predicted molar refractivity (Wildman–Crippen MR) is 130 cm³/mol. The standard InChI is InChI=1S/C25H35N3O3S/c1-5-24(28(32(4,30)31)23-12-11-19(2)20(3)15-23)25(29)26-17-21-9-8-10-22(16-21)18-27-13-6-7-14-27/h8-12,15-16,24H,5-7,13-14,17-18H2,1-4H3,(H,26,29)/t24-/m1/s1. The Morgan fingerprint density at radius 3 is 2.38 bits per heavy atom. The van der Waals surface area contributed by atoms with Crippen molar-refractivity contribution in [3.63, 3.8) is 0 Å². The fourth-order valence-corrected chi connectivity index (χ4v) is 5.47. The summed E-state index contributed by atoms with van der Waals surface area (Å²) in [6.45, 7) is 9.32. The second kappa shape index (κ2) is 10.5. The molecule has 2 aromatic carbocycles. The number of carbonyl (C=O) groups is 1. The smallest absolute Gasteiger partial charge is 0.244 e. The van der Waals surface area contributed by atoms with E-state index in [-0.39, 0.29) is 5.91 Å². The second-order valence-corrected chi connectivity index (χ2v) is 10.6. The molecule has 1 aliphatic rings. The summed E-state index contributed by atoms with van der Waals surface area (Å²) in [4.78, 5) is 15.5. The Labute approximate surface area is 192 Å². The van der Waals surface area contributed by atoms with Gasteiger partial charge in [0, 0.05) is 13.1 Å². The van der Waals surface area contributed by atoms with Crippen molar-refractivity contribution in [3.8, 4) is 0 Å². The van der Waals surface area contributed by atoms with Crippen molar-refractivity contribution in [2.75, 3.05) is 23.7 Å². The van der Waals surface area contributed by atoms with Crippen LogP contribution < -0.4 is 9.62 Å². The summed E-state index contributed by atoms with van der Waals surface area (Å²) in [6, 6.07) is 12.9. The van der Waals surface area contributed by atoms with E-state index < -0.39 is 16.1 Å². The van der Waals surface area contributed by atoms with Gasteiger partial charge in [-0.25, -0.2) is 8.42 Å². The number of aryl methyl sites for hydroxylation is 2. The van der Waals surface area contributed by atoms with Crippen molar-refractivity contribution in [1.29, 1.82) is 0 Å². The highest BCUT2D eigenvalue weighted by Crippen LogP contribution is 2.25. The molecule has 32 heavy (non-hydrogen) atoms. The van der Waals surface area contributed by atoms with Crippen LogP contribution in [0.2, 0.25) is 0 Å². The lowest BCUT2D eigenvalue weighted by Gasteiger charge is -2.30. The van der Waals surface area contributed by atoms with Crippen molar-refractivity contribution < 1.29 is 13.2 Å². The van der Waals surface area contributed by atoms with Gasteiger partial charge >= 0.3 is 0 Å². The van der Waals surface area contributed by atoms with E-state index in [1.165, 1.54) is 22.7 Å². The Morgan fingerprint density at radius 2 is 1.75 bits per heavy atom. The molecule has 1 heterocycles.